The van der Waals surface area contributed by atoms with Gasteiger partial charge in [0.2, 0.25) is 0 Å². The van der Waals surface area contributed by atoms with Crippen molar-refractivity contribution >= 4 is 33.6 Å². The number of carbonyl (C=O) groups excluding carboxylic acids is 1. The largest absolute Gasteiger partial charge is 0.481 e. The number of nitrogens with one attached hydrogen (secondary N) is 2. The summed E-state index contributed by atoms with van der Waals surface area (Å²) in [5, 5.41) is 14.7. The number of hydrogen-bond donors (Lipinski definition) is 3. The van der Waals surface area contributed by atoms with Crippen LogP contribution in [-0.2, 0) is 4.79 Å². The number of rotatable bonds is 3. The summed E-state index contributed by atoms with van der Waals surface area (Å²) in [4.78, 5) is 23.0. The average Bonchev–Trinajstić information content (AvgIpc) is 2.43. The van der Waals surface area contributed by atoms with Gasteiger partial charge in [0.1, 0.15) is 0 Å². The normalized spacial score (nSPS) is 21.6. The number of urea groups is 1. The van der Waals surface area contributed by atoms with Gasteiger partial charge in [-0.3, -0.25) is 4.79 Å². The molecular formula is C15H19BrN2O3. The lowest BCUT2D eigenvalue weighted by Crippen LogP contribution is -2.42. The summed E-state index contributed by atoms with van der Waals surface area (Å²) in [6.07, 6.45) is 2.86. The Hall–Kier alpha value is -1.56. The number of carboxylic acid groups (broad SMARTS) is 1. The van der Waals surface area contributed by atoms with Crippen molar-refractivity contribution in [3.05, 3.63) is 28.2 Å². The van der Waals surface area contributed by atoms with E-state index in [9.17, 15) is 9.59 Å². The van der Waals surface area contributed by atoms with Crippen LogP contribution in [0.5, 0.6) is 0 Å². The lowest BCUT2D eigenvalue weighted by Gasteiger charge is -2.27. The van der Waals surface area contributed by atoms with Gasteiger partial charge in [-0.05, 0) is 49.9 Å². The minimum atomic E-state index is -0.773. The van der Waals surface area contributed by atoms with Crippen molar-refractivity contribution in [3.8, 4) is 0 Å². The zero-order valence-electron chi connectivity index (χ0n) is 11.9. The molecule has 2 unspecified atom stereocenters. The van der Waals surface area contributed by atoms with Gasteiger partial charge in [0, 0.05) is 16.2 Å². The zero-order chi connectivity index (χ0) is 15.4. The molecule has 2 amide bonds. The van der Waals surface area contributed by atoms with Gasteiger partial charge in [0.15, 0.2) is 0 Å². The summed E-state index contributed by atoms with van der Waals surface area (Å²) in [5.74, 6) is -1.12. The van der Waals surface area contributed by atoms with E-state index in [1.807, 2.05) is 25.1 Å². The number of amides is 2. The maximum Gasteiger partial charge on any atom is 0.319 e. The van der Waals surface area contributed by atoms with Crippen LogP contribution < -0.4 is 10.6 Å². The third-order valence-corrected chi connectivity index (χ3v) is 4.66. The van der Waals surface area contributed by atoms with Crippen LogP contribution in [0.25, 0.3) is 0 Å². The first-order valence-corrected chi connectivity index (χ1v) is 7.81. The van der Waals surface area contributed by atoms with E-state index in [1.54, 1.807) is 0 Å². The summed E-state index contributed by atoms with van der Waals surface area (Å²) in [7, 11) is 0. The second-order valence-electron chi connectivity index (χ2n) is 5.46. The molecule has 6 heteroatoms. The summed E-state index contributed by atoms with van der Waals surface area (Å²) < 4.78 is 0.991. The molecule has 3 N–H and O–H groups in total. The van der Waals surface area contributed by atoms with Crippen molar-refractivity contribution < 1.29 is 14.7 Å². The molecule has 1 fully saturated rings. The Kier molecular flexibility index (Phi) is 5.22. The highest BCUT2D eigenvalue weighted by atomic mass is 79.9. The van der Waals surface area contributed by atoms with Crippen molar-refractivity contribution in [2.45, 2.75) is 38.6 Å². The Balaban J connectivity index is 1.89. The quantitative estimate of drug-likeness (QED) is 0.776. The monoisotopic (exact) mass is 354 g/mol. The SMILES string of the molecule is Cc1cc(NC(=O)NC2CCCC(C(=O)O)C2)ccc1Br. The second-order valence-corrected chi connectivity index (χ2v) is 6.32. The molecule has 1 saturated carbocycles. The first kappa shape index (κ1) is 15.8. The molecule has 1 aliphatic rings. The molecule has 0 spiro atoms. The molecule has 0 aliphatic heterocycles. The van der Waals surface area contributed by atoms with E-state index in [1.165, 1.54) is 0 Å². The smallest absolute Gasteiger partial charge is 0.319 e. The first-order chi connectivity index (χ1) is 9.95. The number of halogens is 1. The zero-order valence-corrected chi connectivity index (χ0v) is 13.4. The molecule has 0 aromatic heterocycles. The Labute approximate surface area is 132 Å². The topological polar surface area (TPSA) is 78.4 Å². The molecular weight excluding hydrogens is 336 g/mol. The highest BCUT2D eigenvalue weighted by Crippen LogP contribution is 2.25. The summed E-state index contributed by atoms with van der Waals surface area (Å²) >= 11 is 3.41. The van der Waals surface area contributed by atoms with Gasteiger partial charge in [0.05, 0.1) is 5.92 Å². The second kappa shape index (κ2) is 6.93. The fraction of sp³-hybridized carbons (Fsp3) is 0.467. The van der Waals surface area contributed by atoms with Gasteiger partial charge in [-0.2, -0.15) is 0 Å². The van der Waals surface area contributed by atoms with Crippen molar-refractivity contribution in [3.63, 3.8) is 0 Å². The van der Waals surface area contributed by atoms with Gasteiger partial charge < -0.3 is 15.7 Å². The molecule has 0 radical (unpaired) electrons. The van der Waals surface area contributed by atoms with Crippen LogP contribution in [0.2, 0.25) is 0 Å². The van der Waals surface area contributed by atoms with E-state index in [0.29, 0.717) is 12.8 Å². The van der Waals surface area contributed by atoms with Crippen molar-refractivity contribution in [1.82, 2.24) is 5.32 Å². The molecule has 1 aliphatic carbocycles. The van der Waals surface area contributed by atoms with E-state index in [4.69, 9.17) is 5.11 Å². The third-order valence-electron chi connectivity index (χ3n) is 3.77. The molecule has 0 bridgehead atoms. The Morgan fingerprint density at radius 3 is 2.76 bits per heavy atom. The maximum absolute atomic E-state index is 12.0. The minimum absolute atomic E-state index is 0.0728. The number of hydrogen-bond acceptors (Lipinski definition) is 2. The van der Waals surface area contributed by atoms with Crippen LogP contribution in [0, 0.1) is 12.8 Å². The van der Waals surface area contributed by atoms with Crippen molar-refractivity contribution in [1.29, 1.82) is 0 Å². The summed E-state index contributed by atoms with van der Waals surface area (Å²) in [6.45, 7) is 1.95. The Bertz CT molecular complexity index is 548. The number of aryl methyl sites for hydroxylation is 1. The molecule has 2 atom stereocenters. The van der Waals surface area contributed by atoms with Crippen molar-refractivity contribution in [2.24, 2.45) is 5.92 Å². The lowest BCUT2D eigenvalue weighted by molar-refractivity contribution is -0.143. The van der Waals surface area contributed by atoms with E-state index < -0.39 is 5.97 Å². The number of benzene rings is 1. The van der Waals surface area contributed by atoms with Gasteiger partial charge in [0.25, 0.3) is 0 Å². The van der Waals surface area contributed by atoms with Gasteiger partial charge in [-0.1, -0.05) is 22.4 Å². The van der Waals surface area contributed by atoms with Crippen LogP contribution in [0.4, 0.5) is 10.5 Å². The van der Waals surface area contributed by atoms with E-state index >= 15 is 0 Å². The van der Waals surface area contributed by atoms with Gasteiger partial charge >= 0.3 is 12.0 Å². The molecule has 2 rings (SSSR count). The Morgan fingerprint density at radius 1 is 1.33 bits per heavy atom. The third kappa shape index (κ3) is 4.46. The fourth-order valence-electron chi connectivity index (χ4n) is 2.62. The molecule has 0 heterocycles. The first-order valence-electron chi connectivity index (χ1n) is 7.02. The maximum atomic E-state index is 12.0. The van der Waals surface area contributed by atoms with Crippen LogP contribution in [-0.4, -0.2) is 23.1 Å². The van der Waals surface area contributed by atoms with E-state index in [0.717, 1.165) is 28.6 Å². The standard InChI is InChI=1S/C15H19BrN2O3/c1-9-7-12(5-6-13(9)16)18-15(21)17-11-4-2-3-10(8-11)14(19)20/h5-7,10-11H,2-4,8H2,1H3,(H,19,20)(H2,17,18,21). The molecule has 0 saturated heterocycles. The lowest BCUT2D eigenvalue weighted by atomic mass is 9.86. The molecule has 5 nitrogen and oxygen atoms in total. The molecule has 1 aromatic rings. The Morgan fingerprint density at radius 2 is 2.10 bits per heavy atom. The predicted molar refractivity (Wildman–Crippen MR) is 84.4 cm³/mol. The van der Waals surface area contributed by atoms with Crippen LogP contribution in [0.15, 0.2) is 22.7 Å². The minimum Gasteiger partial charge on any atom is -0.481 e. The summed E-state index contributed by atoms with van der Waals surface area (Å²) in [6, 6.07) is 5.22. The van der Waals surface area contributed by atoms with Crippen LogP contribution in [0.1, 0.15) is 31.2 Å². The number of anilines is 1. The highest BCUT2D eigenvalue weighted by molar-refractivity contribution is 9.10. The van der Waals surface area contributed by atoms with E-state index in [-0.39, 0.29) is 18.0 Å². The van der Waals surface area contributed by atoms with E-state index in [2.05, 4.69) is 26.6 Å². The highest BCUT2D eigenvalue weighted by Gasteiger charge is 2.27. The van der Waals surface area contributed by atoms with Crippen LogP contribution in [0.3, 0.4) is 0 Å². The molecule has 114 valence electrons. The van der Waals surface area contributed by atoms with Gasteiger partial charge in [-0.25, -0.2) is 4.79 Å². The fourth-order valence-corrected chi connectivity index (χ4v) is 2.87. The molecule has 21 heavy (non-hydrogen) atoms. The summed E-state index contributed by atoms with van der Waals surface area (Å²) in [5.41, 5.74) is 1.76. The van der Waals surface area contributed by atoms with Crippen LogP contribution >= 0.6 is 15.9 Å². The van der Waals surface area contributed by atoms with Gasteiger partial charge in [-0.15, -0.1) is 0 Å². The molecule has 1 aromatic carbocycles. The predicted octanol–water partition coefficient (Wildman–Crippen LogP) is 3.52. The number of aliphatic carboxylic acids is 1. The van der Waals surface area contributed by atoms with Crippen molar-refractivity contribution in [2.75, 3.05) is 5.32 Å². The number of carbonyl (C=O) groups is 2. The number of carboxylic acids is 1. The average molecular weight is 355 g/mol.